The minimum absolute atomic E-state index is 0.0961. The van der Waals surface area contributed by atoms with E-state index in [-0.39, 0.29) is 16.8 Å². The maximum absolute atomic E-state index is 12.7. The van der Waals surface area contributed by atoms with Crippen molar-refractivity contribution in [1.82, 2.24) is 20.2 Å². The predicted octanol–water partition coefficient (Wildman–Crippen LogP) is 2.53. The zero-order valence-corrected chi connectivity index (χ0v) is 16.3. The van der Waals surface area contributed by atoms with Crippen LogP contribution in [0.15, 0.2) is 52.6 Å². The molecule has 1 amide bonds. The topological polar surface area (TPSA) is 113 Å². The fourth-order valence-corrected chi connectivity index (χ4v) is 2.69. The minimum atomic E-state index is -0.661. The monoisotopic (exact) mass is 406 g/mol. The molecule has 29 heavy (non-hydrogen) atoms. The third-order valence-electron chi connectivity index (χ3n) is 4.13. The molecule has 8 nitrogen and oxygen atoms in total. The summed E-state index contributed by atoms with van der Waals surface area (Å²) in [5, 5.41) is 17.9. The first-order valence-electron chi connectivity index (χ1n) is 8.46. The Morgan fingerprint density at radius 1 is 1.34 bits per heavy atom. The van der Waals surface area contributed by atoms with Crippen LogP contribution in [-0.4, -0.2) is 26.9 Å². The number of carbonyl (C=O) groups is 1. The average molecular weight is 407 g/mol. The van der Waals surface area contributed by atoms with Gasteiger partial charge in [0.2, 0.25) is 0 Å². The van der Waals surface area contributed by atoms with Crippen LogP contribution in [0.2, 0.25) is 5.02 Å². The molecule has 0 spiro atoms. The molecule has 0 bridgehead atoms. The van der Waals surface area contributed by atoms with Crippen LogP contribution >= 0.6 is 11.6 Å². The quantitative estimate of drug-likeness (QED) is 0.528. The van der Waals surface area contributed by atoms with Gasteiger partial charge in [-0.1, -0.05) is 23.7 Å². The molecule has 1 aromatic carbocycles. The summed E-state index contributed by atoms with van der Waals surface area (Å²) < 4.78 is 0.983. The molecule has 0 saturated carbocycles. The lowest BCUT2D eigenvalue weighted by molar-refractivity contribution is 0.0947. The second-order valence-corrected chi connectivity index (χ2v) is 6.50. The molecule has 144 valence electrons. The molecule has 2 heterocycles. The van der Waals surface area contributed by atoms with Crippen LogP contribution in [0, 0.1) is 25.2 Å². The zero-order chi connectivity index (χ0) is 21.0. The van der Waals surface area contributed by atoms with Gasteiger partial charge in [-0.2, -0.15) is 20.1 Å². The lowest BCUT2D eigenvalue weighted by Crippen LogP contribution is -2.31. The number of aromatic nitrogens is 3. The van der Waals surface area contributed by atoms with Crippen LogP contribution in [0.1, 0.15) is 32.7 Å². The summed E-state index contributed by atoms with van der Waals surface area (Å²) in [6, 6.07) is 10.2. The van der Waals surface area contributed by atoms with Crippen LogP contribution < -0.4 is 11.0 Å². The lowest BCUT2D eigenvalue weighted by atomic mass is 10.1. The van der Waals surface area contributed by atoms with Crippen molar-refractivity contribution in [3.63, 3.8) is 0 Å². The molecule has 1 N–H and O–H groups in total. The number of pyridine rings is 1. The van der Waals surface area contributed by atoms with Crippen LogP contribution in [0.4, 0.5) is 0 Å². The van der Waals surface area contributed by atoms with E-state index in [1.54, 1.807) is 42.7 Å². The molecular weight excluding hydrogens is 392 g/mol. The number of nitrogens with zero attached hydrogens (tertiary/aromatic N) is 5. The summed E-state index contributed by atoms with van der Waals surface area (Å²) in [6.07, 6.45) is 4.61. The lowest BCUT2D eigenvalue weighted by Gasteiger charge is -2.11. The molecule has 0 saturated heterocycles. The van der Waals surface area contributed by atoms with Crippen LogP contribution in [-0.2, 0) is 0 Å². The van der Waals surface area contributed by atoms with Crippen molar-refractivity contribution < 1.29 is 4.79 Å². The van der Waals surface area contributed by atoms with Crippen molar-refractivity contribution in [2.24, 2.45) is 5.10 Å². The Balaban J connectivity index is 2.01. The van der Waals surface area contributed by atoms with Gasteiger partial charge in [0.05, 0.1) is 11.9 Å². The van der Waals surface area contributed by atoms with E-state index in [9.17, 15) is 14.9 Å². The standard InChI is InChI=1S/C20H15ClN6O2/c1-12-5-6-15(8-17(12)21)27-20(29)16(9-22)13(2)18(26-27)19(28)25-24-11-14-4-3-7-23-10-14/h3-8,10-11H,1-2H3,(H,25,28)/b24-11+. The molecule has 3 aromatic rings. The normalized spacial score (nSPS) is 10.7. The van der Waals surface area contributed by atoms with Gasteiger partial charge in [-0.3, -0.25) is 14.6 Å². The fraction of sp³-hybridized carbons (Fsp3) is 0.100. The molecule has 0 unspecified atom stereocenters. The predicted molar refractivity (Wildman–Crippen MR) is 108 cm³/mol. The number of amides is 1. The second-order valence-electron chi connectivity index (χ2n) is 6.10. The molecule has 0 fully saturated rings. The first kappa shape index (κ1) is 19.9. The molecule has 3 rings (SSSR count). The van der Waals surface area contributed by atoms with E-state index >= 15 is 0 Å². The van der Waals surface area contributed by atoms with E-state index in [4.69, 9.17) is 11.6 Å². The molecule has 0 aliphatic heterocycles. The van der Waals surface area contributed by atoms with Crippen molar-refractivity contribution in [3.8, 4) is 11.8 Å². The first-order valence-corrected chi connectivity index (χ1v) is 8.84. The summed E-state index contributed by atoms with van der Waals surface area (Å²) in [5.41, 5.74) is 3.45. The Morgan fingerprint density at radius 3 is 2.79 bits per heavy atom. The third-order valence-corrected chi connectivity index (χ3v) is 4.53. The molecular formula is C20H15ClN6O2. The smallest absolute Gasteiger partial charge is 0.266 e. The van der Waals surface area contributed by atoms with Gasteiger partial charge in [0.1, 0.15) is 11.6 Å². The Bertz CT molecular complexity index is 1210. The summed E-state index contributed by atoms with van der Waals surface area (Å²) in [6.45, 7) is 3.30. The van der Waals surface area contributed by atoms with Crippen molar-refractivity contribution >= 4 is 23.7 Å². The van der Waals surface area contributed by atoms with E-state index < -0.39 is 11.5 Å². The molecule has 9 heteroatoms. The maximum Gasteiger partial charge on any atom is 0.292 e. The minimum Gasteiger partial charge on any atom is -0.266 e. The number of carbonyl (C=O) groups excluding carboxylic acids is 1. The number of halogens is 1. The summed E-state index contributed by atoms with van der Waals surface area (Å²) in [7, 11) is 0. The van der Waals surface area contributed by atoms with Gasteiger partial charge in [-0.15, -0.1) is 0 Å². The van der Waals surface area contributed by atoms with E-state index in [1.807, 2.05) is 13.0 Å². The number of nitriles is 1. The summed E-state index contributed by atoms with van der Waals surface area (Å²) in [5.74, 6) is -0.661. The van der Waals surface area contributed by atoms with Crippen LogP contribution in [0.5, 0.6) is 0 Å². The number of aryl methyl sites for hydroxylation is 1. The Hall–Kier alpha value is -3.83. The summed E-state index contributed by atoms with van der Waals surface area (Å²) >= 11 is 6.14. The number of rotatable bonds is 4. The van der Waals surface area contributed by atoms with Gasteiger partial charge in [-0.25, -0.2) is 5.43 Å². The highest BCUT2D eigenvalue weighted by Gasteiger charge is 2.20. The Labute approximate surface area is 171 Å². The number of hydrogen-bond donors (Lipinski definition) is 1. The van der Waals surface area contributed by atoms with E-state index in [0.717, 1.165) is 10.2 Å². The number of hydrogen-bond acceptors (Lipinski definition) is 6. The third kappa shape index (κ3) is 4.20. The number of benzene rings is 1. The van der Waals surface area contributed by atoms with Gasteiger partial charge < -0.3 is 0 Å². The van der Waals surface area contributed by atoms with Crippen LogP contribution in [0.25, 0.3) is 5.69 Å². The Kier molecular flexibility index (Phi) is 5.81. The zero-order valence-electron chi connectivity index (χ0n) is 15.5. The van der Waals surface area contributed by atoms with E-state index in [0.29, 0.717) is 16.3 Å². The number of nitrogens with one attached hydrogen (secondary N) is 1. The average Bonchev–Trinajstić information content (AvgIpc) is 2.71. The molecule has 2 aromatic heterocycles. The summed E-state index contributed by atoms with van der Waals surface area (Å²) in [4.78, 5) is 29.2. The largest absolute Gasteiger partial charge is 0.292 e. The van der Waals surface area contributed by atoms with Crippen molar-refractivity contribution in [1.29, 1.82) is 5.26 Å². The van der Waals surface area contributed by atoms with Gasteiger partial charge in [0, 0.05) is 28.5 Å². The maximum atomic E-state index is 12.7. The highest BCUT2D eigenvalue weighted by atomic mass is 35.5. The van der Waals surface area contributed by atoms with Crippen molar-refractivity contribution in [2.75, 3.05) is 0 Å². The Morgan fingerprint density at radius 2 is 2.14 bits per heavy atom. The fourth-order valence-electron chi connectivity index (χ4n) is 2.51. The SMILES string of the molecule is Cc1ccc(-n2nc(C(=O)N/N=C/c3cccnc3)c(C)c(C#N)c2=O)cc1Cl. The molecule has 0 aliphatic carbocycles. The molecule has 0 atom stereocenters. The van der Waals surface area contributed by atoms with Gasteiger partial charge in [0.15, 0.2) is 5.69 Å². The number of hydrazone groups is 1. The highest BCUT2D eigenvalue weighted by Crippen LogP contribution is 2.19. The van der Waals surface area contributed by atoms with E-state index in [1.165, 1.54) is 13.1 Å². The van der Waals surface area contributed by atoms with Gasteiger partial charge in [-0.05, 0) is 37.6 Å². The van der Waals surface area contributed by atoms with Crippen molar-refractivity contribution in [3.05, 3.63) is 86.0 Å². The van der Waals surface area contributed by atoms with E-state index in [2.05, 4.69) is 20.6 Å². The van der Waals surface area contributed by atoms with Gasteiger partial charge in [0.25, 0.3) is 11.5 Å². The van der Waals surface area contributed by atoms with Crippen molar-refractivity contribution in [2.45, 2.75) is 13.8 Å². The highest BCUT2D eigenvalue weighted by molar-refractivity contribution is 6.31. The molecule has 0 radical (unpaired) electrons. The first-order chi connectivity index (χ1) is 13.9. The second kappa shape index (κ2) is 8.46. The molecule has 0 aliphatic rings. The van der Waals surface area contributed by atoms with Gasteiger partial charge >= 0.3 is 0 Å². The van der Waals surface area contributed by atoms with Crippen LogP contribution in [0.3, 0.4) is 0 Å².